The molecular formula is C12H14BrNO3S. The smallest absolute Gasteiger partial charge is 0.255 e. The lowest BCUT2D eigenvalue weighted by Crippen LogP contribution is -2.57. The van der Waals surface area contributed by atoms with E-state index in [1.54, 1.807) is 30.0 Å². The molecule has 98 valence electrons. The molecule has 0 saturated carbocycles. The first-order valence-corrected chi connectivity index (χ1v) is 8.22. The lowest BCUT2D eigenvalue weighted by molar-refractivity contribution is 0.0658. The molecule has 4 nitrogen and oxygen atoms in total. The highest BCUT2D eigenvalue weighted by molar-refractivity contribution is 9.10. The van der Waals surface area contributed by atoms with Crippen LogP contribution in [0.1, 0.15) is 17.3 Å². The molecule has 6 heteroatoms. The first-order valence-electron chi connectivity index (χ1n) is 5.71. The second-order valence-electron chi connectivity index (χ2n) is 4.26. The minimum absolute atomic E-state index is 0.120. The molecule has 0 radical (unpaired) electrons. The normalized spacial score (nSPS) is 16.4. The van der Waals surface area contributed by atoms with Crippen LogP contribution in [0.3, 0.4) is 0 Å². The van der Waals surface area contributed by atoms with Gasteiger partial charge in [-0.25, -0.2) is 8.42 Å². The summed E-state index contributed by atoms with van der Waals surface area (Å²) < 4.78 is 23.9. The molecular weight excluding hydrogens is 318 g/mol. The van der Waals surface area contributed by atoms with Crippen molar-refractivity contribution in [3.63, 3.8) is 0 Å². The fourth-order valence-corrected chi connectivity index (χ4v) is 3.61. The maximum Gasteiger partial charge on any atom is 0.255 e. The van der Waals surface area contributed by atoms with Crippen LogP contribution in [0, 0.1) is 0 Å². The number of likely N-dealkylation sites (tertiary alicyclic amines) is 1. The maximum absolute atomic E-state index is 12.1. The average molecular weight is 332 g/mol. The molecule has 2 rings (SSSR count). The number of hydrogen-bond acceptors (Lipinski definition) is 3. The highest BCUT2D eigenvalue weighted by Gasteiger charge is 2.39. The zero-order valence-electron chi connectivity index (χ0n) is 9.97. The van der Waals surface area contributed by atoms with E-state index in [2.05, 4.69) is 15.9 Å². The van der Waals surface area contributed by atoms with Crippen LogP contribution < -0.4 is 0 Å². The summed E-state index contributed by atoms with van der Waals surface area (Å²) in [6.45, 7) is 2.24. The summed E-state index contributed by atoms with van der Waals surface area (Å²) in [5.41, 5.74) is 0.574. The monoisotopic (exact) mass is 331 g/mol. The molecule has 0 bridgehead atoms. The Balaban J connectivity index is 2.06. The van der Waals surface area contributed by atoms with E-state index < -0.39 is 15.1 Å². The van der Waals surface area contributed by atoms with Crippen LogP contribution in [0.2, 0.25) is 0 Å². The van der Waals surface area contributed by atoms with E-state index in [1.165, 1.54) is 0 Å². The summed E-state index contributed by atoms with van der Waals surface area (Å²) in [5.74, 6) is 0.0133. The SMILES string of the molecule is CCS(=O)(=O)C1CN(C(=O)c2ccccc2Br)C1. The summed E-state index contributed by atoms with van der Waals surface area (Å²) in [5, 5.41) is -0.395. The summed E-state index contributed by atoms with van der Waals surface area (Å²) in [6.07, 6.45) is 0. The number of hydrogen-bond donors (Lipinski definition) is 0. The maximum atomic E-state index is 12.1. The fraction of sp³-hybridized carbons (Fsp3) is 0.417. The molecule has 0 aliphatic carbocycles. The minimum Gasteiger partial charge on any atom is -0.336 e. The summed E-state index contributed by atoms with van der Waals surface area (Å²) in [7, 11) is -3.03. The molecule has 0 spiro atoms. The Hall–Kier alpha value is -0.880. The molecule has 1 aromatic carbocycles. The molecule has 1 aromatic rings. The van der Waals surface area contributed by atoms with Crippen LogP contribution in [-0.4, -0.2) is 43.3 Å². The zero-order valence-corrected chi connectivity index (χ0v) is 12.4. The van der Waals surface area contributed by atoms with Crippen molar-refractivity contribution in [2.24, 2.45) is 0 Å². The summed E-state index contributed by atoms with van der Waals surface area (Å²) in [4.78, 5) is 13.7. The van der Waals surface area contributed by atoms with Crippen LogP contribution in [0.4, 0.5) is 0 Å². The van der Waals surface area contributed by atoms with Gasteiger partial charge in [-0.15, -0.1) is 0 Å². The number of amides is 1. The third-order valence-electron chi connectivity index (χ3n) is 3.15. The Bertz CT molecular complexity index is 564. The van der Waals surface area contributed by atoms with Gasteiger partial charge >= 0.3 is 0 Å². The minimum atomic E-state index is -3.03. The average Bonchev–Trinajstić information content (AvgIpc) is 2.27. The molecule has 1 aliphatic rings. The number of benzene rings is 1. The van der Waals surface area contributed by atoms with Crippen LogP contribution in [0.25, 0.3) is 0 Å². The molecule has 18 heavy (non-hydrogen) atoms. The lowest BCUT2D eigenvalue weighted by atomic mass is 10.1. The fourth-order valence-electron chi connectivity index (χ4n) is 1.87. The third kappa shape index (κ3) is 2.44. The van der Waals surface area contributed by atoms with Gasteiger partial charge in [-0.2, -0.15) is 0 Å². The van der Waals surface area contributed by atoms with E-state index in [0.717, 1.165) is 4.47 Å². The number of carbonyl (C=O) groups is 1. The number of halogens is 1. The predicted molar refractivity (Wildman–Crippen MR) is 73.3 cm³/mol. The summed E-state index contributed by atoms with van der Waals surface area (Å²) >= 11 is 3.32. The first kappa shape index (κ1) is 13.5. The Kier molecular flexibility index (Phi) is 3.77. The number of carbonyl (C=O) groups excluding carboxylic acids is 1. The standard InChI is InChI=1S/C12H14BrNO3S/c1-2-18(16,17)9-7-14(8-9)12(15)10-5-3-4-6-11(10)13/h3-6,9H,2,7-8H2,1H3. The molecule has 0 aromatic heterocycles. The molecule has 1 saturated heterocycles. The lowest BCUT2D eigenvalue weighted by Gasteiger charge is -2.38. The molecule has 1 heterocycles. The van der Waals surface area contributed by atoms with Crippen molar-refractivity contribution >= 4 is 31.7 Å². The molecule has 0 N–H and O–H groups in total. The van der Waals surface area contributed by atoms with Gasteiger partial charge in [-0.3, -0.25) is 4.79 Å². The van der Waals surface area contributed by atoms with Crippen molar-refractivity contribution in [3.8, 4) is 0 Å². The Labute approximate surface area is 115 Å². The second-order valence-corrected chi connectivity index (χ2v) is 7.69. The van der Waals surface area contributed by atoms with Crippen LogP contribution in [0.15, 0.2) is 28.7 Å². The van der Waals surface area contributed by atoms with Crippen LogP contribution in [-0.2, 0) is 9.84 Å². The van der Waals surface area contributed by atoms with E-state index in [9.17, 15) is 13.2 Å². The molecule has 1 aliphatic heterocycles. The van der Waals surface area contributed by atoms with E-state index in [-0.39, 0.29) is 11.7 Å². The van der Waals surface area contributed by atoms with E-state index in [0.29, 0.717) is 18.7 Å². The van der Waals surface area contributed by atoms with Gasteiger partial charge < -0.3 is 4.90 Å². The topological polar surface area (TPSA) is 54.5 Å². The van der Waals surface area contributed by atoms with Crippen molar-refractivity contribution in [1.29, 1.82) is 0 Å². The highest BCUT2D eigenvalue weighted by atomic mass is 79.9. The van der Waals surface area contributed by atoms with Crippen molar-refractivity contribution in [3.05, 3.63) is 34.3 Å². The van der Waals surface area contributed by atoms with Crippen molar-refractivity contribution in [1.82, 2.24) is 4.90 Å². The molecule has 1 amide bonds. The van der Waals surface area contributed by atoms with Gasteiger partial charge in [0.2, 0.25) is 0 Å². The Morgan fingerprint density at radius 2 is 2.00 bits per heavy atom. The van der Waals surface area contributed by atoms with Gasteiger partial charge in [-0.05, 0) is 28.1 Å². The number of rotatable bonds is 3. The van der Waals surface area contributed by atoms with E-state index in [4.69, 9.17) is 0 Å². The van der Waals surface area contributed by atoms with Crippen molar-refractivity contribution in [2.45, 2.75) is 12.2 Å². The first-order chi connectivity index (χ1) is 8.45. The van der Waals surface area contributed by atoms with Gasteiger partial charge in [-0.1, -0.05) is 19.1 Å². The largest absolute Gasteiger partial charge is 0.336 e. The van der Waals surface area contributed by atoms with E-state index >= 15 is 0 Å². The summed E-state index contributed by atoms with van der Waals surface area (Å²) in [6, 6.07) is 7.15. The quantitative estimate of drug-likeness (QED) is 0.847. The molecule has 1 fully saturated rings. The third-order valence-corrected chi connectivity index (χ3v) is 5.96. The second kappa shape index (κ2) is 5.01. The van der Waals surface area contributed by atoms with E-state index in [1.807, 2.05) is 6.07 Å². The Morgan fingerprint density at radius 3 is 2.56 bits per heavy atom. The van der Waals surface area contributed by atoms with Crippen LogP contribution in [0.5, 0.6) is 0 Å². The van der Waals surface area contributed by atoms with Crippen LogP contribution >= 0.6 is 15.9 Å². The van der Waals surface area contributed by atoms with Gasteiger partial charge in [0.15, 0.2) is 9.84 Å². The van der Waals surface area contributed by atoms with Gasteiger partial charge in [0, 0.05) is 23.3 Å². The highest BCUT2D eigenvalue weighted by Crippen LogP contribution is 2.23. The molecule has 0 unspecified atom stereocenters. The van der Waals surface area contributed by atoms with Crippen molar-refractivity contribution < 1.29 is 13.2 Å². The van der Waals surface area contributed by atoms with Crippen molar-refractivity contribution in [2.75, 3.05) is 18.8 Å². The zero-order chi connectivity index (χ0) is 13.3. The van der Waals surface area contributed by atoms with Gasteiger partial charge in [0.25, 0.3) is 5.91 Å². The van der Waals surface area contributed by atoms with Gasteiger partial charge in [0.05, 0.1) is 10.8 Å². The Morgan fingerprint density at radius 1 is 1.39 bits per heavy atom. The molecule has 0 atom stereocenters. The van der Waals surface area contributed by atoms with Gasteiger partial charge in [0.1, 0.15) is 0 Å². The predicted octanol–water partition coefficient (Wildman–Crippen LogP) is 1.71. The number of nitrogens with zero attached hydrogens (tertiary/aromatic N) is 1. The number of sulfone groups is 1.